The molecule has 0 aromatic heterocycles. The lowest BCUT2D eigenvalue weighted by molar-refractivity contribution is 0.415. The van der Waals surface area contributed by atoms with E-state index in [-0.39, 0.29) is 0 Å². The van der Waals surface area contributed by atoms with Crippen LogP contribution in [0.4, 0.5) is 0 Å². The first-order valence-electron chi connectivity index (χ1n) is 4.67. The topological polar surface area (TPSA) is 12.5 Å². The Kier molecular flexibility index (Phi) is 4.31. The van der Waals surface area contributed by atoms with Crippen LogP contribution in [-0.4, -0.2) is 31.1 Å². The van der Waals surface area contributed by atoms with Gasteiger partial charge in [0, 0.05) is 14.1 Å². The van der Waals surface area contributed by atoms with Gasteiger partial charge >= 0.3 is 0 Å². The summed E-state index contributed by atoms with van der Waals surface area (Å²) in [7, 11) is 5.52. The maximum atomic E-state index is 5.14. The minimum absolute atomic E-state index is 0.811. The Labute approximate surface area is 96.2 Å². The van der Waals surface area contributed by atoms with E-state index in [2.05, 4.69) is 0 Å². The average molecular weight is 221 g/mol. The third-order valence-corrected chi connectivity index (χ3v) is 2.48. The minimum Gasteiger partial charge on any atom is -0.497 e. The van der Waals surface area contributed by atoms with E-state index in [0.717, 1.165) is 16.3 Å². The van der Waals surface area contributed by atoms with Crippen molar-refractivity contribution in [2.45, 2.75) is 0 Å². The summed E-state index contributed by atoms with van der Waals surface area (Å²) >= 11 is 5.14. The molecule has 0 bridgehead atoms. The Bertz CT molecular complexity index is 354. The van der Waals surface area contributed by atoms with Gasteiger partial charge in [-0.3, -0.25) is 0 Å². The number of ether oxygens (including phenoxy) is 1. The number of hydrogen-bond acceptors (Lipinski definition) is 2. The van der Waals surface area contributed by atoms with Gasteiger partial charge in [0.2, 0.25) is 0 Å². The van der Waals surface area contributed by atoms with Gasteiger partial charge < -0.3 is 9.64 Å². The van der Waals surface area contributed by atoms with E-state index in [1.807, 2.05) is 55.4 Å². The van der Waals surface area contributed by atoms with E-state index in [9.17, 15) is 0 Å². The zero-order valence-electron chi connectivity index (χ0n) is 9.23. The fraction of sp³-hybridized carbons (Fsp3) is 0.250. The maximum Gasteiger partial charge on any atom is 0.118 e. The first kappa shape index (κ1) is 11.7. The summed E-state index contributed by atoms with van der Waals surface area (Å²) < 4.78 is 5.07. The lowest BCUT2D eigenvalue weighted by Gasteiger charge is -2.08. The highest BCUT2D eigenvalue weighted by molar-refractivity contribution is 7.80. The number of rotatable bonds is 3. The van der Waals surface area contributed by atoms with E-state index in [4.69, 9.17) is 17.0 Å². The minimum atomic E-state index is 0.811. The van der Waals surface area contributed by atoms with Crippen LogP contribution in [0, 0.1) is 0 Å². The molecule has 0 saturated heterocycles. The highest BCUT2D eigenvalue weighted by atomic mass is 32.1. The van der Waals surface area contributed by atoms with Crippen LogP contribution in [0.3, 0.4) is 0 Å². The molecule has 2 nitrogen and oxygen atoms in total. The van der Waals surface area contributed by atoms with Crippen molar-refractivity contribution in [3.8, 4) is 5.75 Å². The Hall–Kier alpha value is -1.35. The van der Waals surface area contributed by atoms with Gasteiger partial charge in [-0.05, 0) is 23.8 Å². The SMILES string of the molecule is COc1ccc(/C=C/C(=S)N(C)C)cc1. The number of thiocarbonyl (C=S) groups is 1. The van der Waals surface area contributed by atoms with Crippen LogP contribution in [0.2, 0.25) is 0 Å². The molecular formula is C12H15NOS. The maximum absolute atomic E-state index is 5.14. The van der Waals surface area contributed by atoms with E-state index < -0.39 is 0 Å². The van der Waals surface area contributed by atoms with Crippen molar-refractivity contribution in [1.82, 2.24) is 4.90 Å². The Morgan fingerprint density at radius 1 is 1.27 bits per heavy atom. The monoisotopic (exact) mass is 221 g/mol. The smallest absolute Gasteiger partial charge is 0.118 e. The van der Waals surface area contributed by atoms with Crippen LogP contribution >= 0.6 is 12.2 Å². The van der Waals surface area contributed by atoms with Crippen LogP contribution in [0.25, 0.3) is 6.08 Å². The third kappa shape index (κ3) is 3.72. The predicted molar refractivity (Wildman–Crippen MR) is 68.3 cm³/mol. The van der Waals surface area contributed by atoms with Crippen LogP contribution in [-0.2, 0) is 0 Å². The molecule has 0 atom stereocenters. The fourth-order valence-corrected chi connectivity index (χ4v) is 1.10. The van der Waals surface area contributed by atoms with Crippen molar-refractivity contribution in [2.24, 2.45) is 0 Å². The van der Waals surface area contributed by atoms with Crippen molar-refractivity contribution in [2.75, 3.05) is 21.2 Å². The summed E-state index contributed by atoms with van der Waals surface area (Å²) in [5.41, 5.74) is 1.11. The molecule has 0 saturated carbocycles. The number of benzene rings is 1. The van der Waals surface area contributed by atoms with Gasteiger partial charge in [-0.2, -0.15) is 0 Å². The molecule has 0 unspecified atom stereocenters. The fourth-order valence-electron chi connectivity index (χ4n) is 1.03. The van der Waals surface area contributed by atoms with Crippen molar-refractivity contribution in [3.05, 3.63) is 35.9 Å². The first-order valence-corrected chi connectivity index (χ1v) is 5.07. The quantitative estimate of drug-likeness (QED) is 0.575. The molecule has 0 aliphatic carbocycles. The van der Waals surface area contributed by atoms with Crippen molar-refractivity contribution >= 4 is 23.3 Å². The molecule has 0 aliphatic rings. The highest BCUT2D eigenvalue weighted by Crippen LogP contribution is 2.12. The molecule has 3 heteroatoms. The average Bonchev–Trinajstić information content (AvgIpc) is 2.26. The van der Waals surface area contributed by atoms with Gasteiger partial charge in [0.25, 0.3) is 0 Å². The zero-order chi connectivity index (χ0) is 11.3. The molecule has 0 heterocycles. The molecule has 0 spiro atoms. The number of hydrogen-bond donors (Lipinski definition) is 0. The summed E-state index contributed by atoms with van der Waals surface area (Å²) in [6.45, 7) is 0. The molecular weight excluding hydrogens is 206 g/mol. The predicted octanol–water partition coefficient (Wildman–Crippen LogP) is 2.60. The Balaban J connectivity index is 2.69. The highest BCUT2D eigenvalue weighted by Gasteiger charge is 1.93. The number of likely N-dealkylation sites (N-methyl/N-ethyl adjacent to an activating group) is 1. The van der Waals surface area contributed by atoms with Gasteiger partial charge in [0.05, 0.1) is 7.11 Å². The van der Waals surface area contributed by atoms with Gasteiger partial charge in [0.1, 0.15) is 10.7 Å². The molecule has 0 aliphatic heterocycles. The second-order valence-electron chi connectivity index (χ2n) is 3.34. The van der Waals surface area contributed by atoms with Crippen LogP contribution in [0.1, 0.15) is 5.56 Å². The lowest BCUT2D eigenvalue weighted by Crippen LogP contribution is -2.16. The Morgan fingerprint density at radius 3 is 2.33 bits per heavy atom. The Morgan fingerprint density at radius 2 is 1.87 bits per heavy atom. The molecule has 0 fully saturated rings. The van der Waals surface area contributed by atoms with E-state index in [1.165, 1.54) is 0 Å². The number of nitrogens with zero attached hydrogens (tertiary/aromatic N) is 1. The standard InChI is InChI=1S/C12H15NOS/c1-13(2)12(15)9-6-10-4-7-11(14-3)8-5-10/h4-9H,1-3H3/b9-6+. The molecule has 1 aromatic rings. The van der Waals surface area contributed by atoms with Crippen LogP contribution < -0.4 is 4.74 Å². The largest absolute Gasteiger partial charge is 0.497 e. The summed E-state index contributed by atoms with van der Waals surface area (Å²) in [6, 6.07) is 7.85. The third-order valence-electron chi connectivity index (χ3n) is 1.97. The summed E-state index contributed by atoms with van der Waals surface area (Å²) in [4.78, 5) is 2.71. The van der Waals surface area contributed by atoms with Gasteiger partial charge in [-0.1, -0.05) is 30.4 Å². The van der Waals surface area contributed by atoms with Crippen molar-refractivity contribution < 1.29 is 4.74 Å². The van der Waals surface area contributed by atoms with E-state index in [0.29, 0.717) is 0 Å². The molecule has 80 valence electrons. The molecule has 1 aromatic carbocycles. The van der Waals surface area contributed by atoms with Gasteiger partial charge in [-0.25, -0.2) is 0 Å². The second kappa shape index (κ2) is 5.51. The van der Waals surface area contributed by atoms with Crippen LogP contribution in [0.5, 0.6) is 5.75 Å². The molecule has 0 amide bonds. The molecule has 0 radical (unpaired) electrons. The first-order chi connectivity index (χ1) is 7.13. The van der Waals surface area contributed by atoms with Gasteiger partial charge in [-0.15, -0.1) is 0 Å². The number of methoxy groups -OCH3 is 1. The van der Waals surface area contributed by atoms with Crippen molar-refractivity contribution in [3.63, 3.8) is 0 Å². The van der Waals surface area contributed by atoms with Gasteiger partial charge in [0.15, 0.2) is 0 Å². The normalized spacial score (nSPS) is 10.3. The summed E-state index contributed by atoms with van der Waals surface area (Å²) in [5, 5.41) is 0. The lowest BCUT2D eigenvalue weighted by atomic mass is 10.2. The summed E-state index contributed by atoms with van der Waals surface area (Å²) in [6.07, 6.45) is 3.90. The summed E-state index contributed by atoms with van der Waals surface area (Å²) in [5.74, 6) is 0.863. The van der Waals surface area contributed by atoms with Crippen molar-refractivity contribution in [1.29, 1.82) is 0 Å². The van der Waals surface area contributed by atoms with E-state index in [1.54, 1.807) is 7.11 Å². The molecule has 15 heavy (non-hydrogen) atoms. The molecule has 1 rings (SSSR count). The zero-order valence-corrected chi connectivity index (χ0v) is 10.0. The molecule has 0 N–H and O–H groups in total. The van der Waals surface area contributed by atoms with E-state index >= 15 is 0 Å². The second-order valence-corrected chi connectivity index (χ2v) is 3.76. The van der Waals surface area contributed by atoms with Crippen LogP contribution in [0.15, 0.2) is 30.3 Å².